The SMILES string of the molecule is O=C(O)C1CCCCN1Cc1ncc(-c2cccc(Br)c2)o1. The summed E-state index contributed by atoms with van der Waals surface area (Å²) in [5.41, 5.74) is 0.946. The Hall–Kier alpha value is -1.66. The molecule has 2 aromatic rings. The van der Waals surface area contributed by atoms with Crippen LogP contribution in [0.25, 0.3) is 11.3 Å². The third-order valence-electron chi connectivity index (χ3n) is 3.90. The highest BCUT2D eigenvalue weighted by atomic mass is 79.9. The largest absolute Gasteiger partial charge is 0.480 e. The fraction of sp³-hybridized carbons (Fsp3) is 0.375. The van der Waals surface area contributed by atoms with E-state index in [1.165, 1.54) is 0 Å². The van der Waals surface area contributed by atoms with E-state index in [2.05, 4.69) is 20.9 Å². The van der Waals surface area contributed by atoms with E-state index < -0.39 is 12.0 Å². The Morgan fingerprint density at radius 2 is 2.32 bits per heavy atom. The van der Waals surface area contributed by atoms with Crippen molar-refractivity contribution >= 4 is 21.9 Å². The minimum Gasteiger partial charge on any atom is -0.480 e. The number of oxazole rings is 1. The summed E-state index contributed by atoms with van der Waals surface area (Å²) in [7, 11) is 0. The highest BCUT2D eigenvalue weighted by Gasteiger charge is 2.29. The van der Waals surface area contributed by atoms with Gasteiger partial charge in [-0.3, -0.25) is 9.69 Å². The van der Waals surface area contributed by atoms with Crippen molar-refractivity contribution in [2.45, 2.75) is 31.8 Å². The van der Waals surface area contributed by atoms with Gasteiger partial charge in [0, 0.05) is 10.0 Å². The van der Waals surface area contributed by atoms with Gasteiger partial charge in [-0.1, -0.05) is 34.5 Å². The summed E-state index contributed by atoms with van der Waals surface area (Å²) in [6.45, 7) is 1.20. The summed E-state index contributed by atoms with van der Waals surface area (Å²) in [5.74, 6) is 0.488. The summed E-state index contributed by atoms with van der Waals surface area (Å²) in [5, 5.41) is 9.30. The molecule has 1 unspecified atom stereocenters. The van der Waals surface area contributed by atoms with E-state index in [1.54, 1.807) is 6.20 Å². The van der Waals surface area contributed by atoms with Crippen LogP contribution in [0.5, 0.6) is 0 Å². The molecule has 0 amide bonds. The second-order valence-electron chi connectivity index (χ2n) is 5.45. The number of carboxylic acid groups (broad SMARTS) is 1. The van der Waals surface area contributed by atoms with Gasteiger partial charge in [-0.25, -0.2) is 4.98 Å². The molecule has 3 rings (SSSR count). The summed E-state index contributed by atoms with van der Waals surface area (Å²) >= 11 is 3.43. The van der Waals surface area contributed by atoms with Crippen molar-refractivity contribution < 1.29 is 14.3 Å². The maximum Gasteiger partial charge on any atom is 0.320 e. The van der Waals surface area contributed by atoms with Crippen LogP contribution >= 0.6 is 15.9 Å². The average Bonchev–Trinajstić information content (AvgIpc) is 2.96. The number of halogens is 1. The molecule has 2 heterocycles. The fourth-order valence-electron chi connectivity index (χ4n) is 2.79. The van der Waals surface area contributed by atoms with Crippen molar-refractivity contribution in [3.63, 3.8) is 0 Å². The predicted octanol–water partition coefficient (Wildman–Crippen LogP) is 3.54. The Kier molecular flexibility index (Phi) is 4.59. The lowest BCUT2D eigenvalue weighted by atomic mass is 10.0. The minimum atomic E-state index is -0.765. The number of benzene rings is 1. The monoisotopic (exact) mass is 364 g/mol. The number of carboxylic acids is 1. The van der Waals surface area contributed by atoms with E-state index >= 15 is 0 Å². The molecule has 1 saturated heterocycles. The average molecular weight is 365 g/mol. The third-order valence-corrected chi connectivity index (χ3v) is 4.39. The Balaban J connectivity index is 1.75. The highest BCUT2D eigenvalue weighted by Crippen LogP contribution is 2.25. The van der Waals surface area contributed by atoms with E-state index in [0.29, 0.717) is 24.6 Å². The summed E-state index contributed by atoms with van der Waals surface area (Å²) in [6.07, 6.45) is 4.36. The second-order valence-corrected chi connectivity index (χ2v) is 6.36. The topological polar surface area (TPSA) is 66.6 Å². The van der Waals surface area contributed by atoms with Crippen molar-refractivity contribution in [2.75, 3.05) is 6.54 Å². The van der Waals surface area contributed by atoms with Crippen LogP contribution in [-0.4, -0.2) is 33.5 Å². The molecule has 1 aliphatic heterocycles. The smallest absolute Gasteiger partial charge is 0.320 e. The van der Waals surface area contributed by atoms with Gasteiger partial charge in [-0.2, -0.15) is 0 Å². The first-order valence-corrected chi connectivity index (χ1v) is 8.10. The number of nitrogens with zero attached hydrogens (tertiary/aromatic N) is 2. The van der Waals surface area contributed by atoms with E-state index in [4.69, 9.17) is 4.42 Å². The van der Waals surface area contributed by atoms with Crippen LogP contribution in [0.1, 0.15) is 25.2 Å². The van der Waals surface area contributed by atoms with E-state index in [9.17, 15) is 9.90 Å². The number of rotatable bonds is 4. The fourth-order valence-corrected chi connectivity index (χ4v) is 3.19. The first-order chi connectivity index (χ1) is 10.6. The van der Waals surface area contributed by atoms with Gasteiger partial charge >= 0.3 is 5.97 Å². The van der Waals surface area contributed by atoms with E-state index in [-0.39, 0.29) is 0 Å². The van der Waals surface area contributed by atoms with Gasteiger partial charge in [0.25, 0.3) is 0 Å². The maximum absolute atomic E-state index is 11.3. The first-order valence-electron chi connectivity index (χ1n) is 7.31. The summed E-state index contributed by atoms with van der Waals surface area (Å²) < 4.78 is 6.77. The number of hydrogen-bond donors (Lipinski definition) is 1. The number of likely N-dealkylation sites (tertiary alicyclic amines) is 1. The highest BCUT2D eigenvalue weighted by molar-refractivity contribution is 9.10. The summed E-state index contributed by atoms with van der Waals surface area (Å²) in [4.78, 5) is 17.5. The molecule has 1 aliphatic rings. The van der Waals surface area contributed by atoms with Gasteiger partial charge < -0.3 is 9.52 Å². The summed E-state index contributed by atoms with van der Waals surface area (Å²) in [6, 6.07) is 7.37. The molecule has 0 spiro atoms. The molecular weight excluding hydrogens is 348 g/mol. The van der Waals surface area contributed by atoms with Crippen LogP contribution in [0.4, 0.5) is 0 Å². The zero-order chi connectivity index (χ0) is 15.5. The number of piperidine rings is 1. The molecule has 1 fully saturated rings. The van der Waals surface area contributed by atoms with Gasteiger partial charge in [-0.05, 0) is 31.5 Å². The Labute approximate surface area is 137 Å². The first kappa shape index (κ1) is 15.2. The van der Waals surface area contributed by atoms with Crippen molar-refractivity contribution in [3.05, 3.63) is 40.8 Å². The molecule has 0 aliphatic carbocycles. The Morgan fingerprint density at radius 1 is 1.45 bits per heavy atom. The van der Waals surface area contributed by atoms with Gasteiger partial charge in [0.15, 0.2) is 5.76 Å². The van der Waals surface area contributed by atoms with E-state index in [1.807, 2.05) is 29.2 Å². The number of hydrogen-bond acceptors (Lipinski definition) is 4. The number of aliphatic carboxylic acids is 1. The van der Waals surface area contributed by atoms with Crippen LogP contribution in [-0.2, 0) is 11.3 Å². The van der Waals surface area contributed by atoms with Gasteiger partial charge in [0.2, 0.25) is 5.89 Å². The Bertz CT molecular complexity index is 671. The van der Waals surface area contributed by atoms with Crippen LogP contribution < -0.4 is 0 Å². The number of carbonyl (C=O) groups is 1. The molecule has 6 heteroatoms. The predicted molar refractivity (Wildman–Crippen MR) is 85.3 cm³/mol. The van der Waals surface area contributed by atoms with Gasteiger partial charge in [-0.15, -0.1) is 0 Å². The quantitative estimate of drug-likeness (QED) is 0.898. The molecule has 0 radical (unpaired) electrons. The molecule has 0 saturated carbocycles. The van der Waals surface area contributed by atoms with E-state index in [0.717, 1.165) is 29.4 Å². The minimum absolute atomic E-state index is 0.435. The molecular formula is C16H17BrN2O3. The van der Waals surface area contributed by atoms with Crippen molar-refractivity contribution in [3.8, 4) is 11.3 Å². The van der Waals surface area contributed by atoms with Gasteiger partial charge in [0.1, 0.15) is 6.04 Å². The molecule has 22 heavy (non-hydrogen) atoms. The molecule has 1 N–H and O–H groups in total. The van der Waals surface area contributed by atoms with Crippen LogP contribution in [0.3, 0.4) is 0 Å². The zero-order valence-corrected chi connectivity index (χ0v) is 13.6. The second kappa shape index (κ2) is 6.62. The Morgan fingerprint density at radius 3 is 3.09 bits per heavy atom. The molecule has 1 aromatic heterocycles. The molecule has 1 atom stereocenters. The maximum atomic E-state index is 11.3. The molecule has 5 nitrogen and oxygen atoms in total. The molecule has 116 valence electrons. The third kappa shape index (κ3) is 3.39. The number of aromatic nitrogens is 1. The standard InChI is InChI=1S/C16H17BrN2O3/c17-12-5-3-4-11(8-12)14-9-18-15(22-14)10-19-7-2-1-6-13(19)16(20)21/h3-5,8-9,13H,1-2,6-7,10H2,(H,20,21). The van der Waals surface area contributed by atoms with Crippen molar-refractivity contribution in [2.24, 2.45) is 0 Å². The molecule has 0 bridgehead atoms. The molecule has 1 aromatic carbocycles. The lowest BCUT2D eigenvalue weighted by molar-refractivity contribution is -0.145. The van der Waals surface area contributed by atoms with Crippen LogP contribution in [0, 0.1) is 0 Å². The van der Waals surface area contributed by atoms with Crippen LogP contribution in [0.15, 0.2) is 39.4 Å². The van der Waals surface area contributed by atoms with Crippen molar-refractivity contribution in [1.82, 2.24) is 9.88 Å². The lowest BCUT2D eigenvalue weighted by Crippen LogP contribution is -2.44. The van der Waals surface area contributed by atoms with Crippen LogP contribution in [0.2, 0.25) is 0 Å². The zero-order valence-electron chi connectivity index (χ0n) is 12.0. The lowest BCUT2D eigenvalue weighted by Gasteiger charge is -2.31. The normalized spacial score (nSPS) is 19.2. The van der Waals surface area contributed by atoms with Gasteiger partial charge in [0.05, 0.1) is 12.7 Å². The van der Waals surface area contributed by atoms with Crippen molar-refractivity contribution in [1.29, 1.82) is 0 Å².